The predicted octanol–water partition coefficient (Wildman–Crippen LogP) is 3.44. The number of benzene rings is 1. The van der Waals surface area contributed by atoms with Gasteiger partial charge in [-0.3, -0.25) is 4.79 Å². The first-order valence-electron chi connectivity index (χ1n) is 6.55. The maximum atomic E-state index is 13.6. The number of aliphatic hydroxyl groups excluding tert-OH is 1. The summed E-state index contributed by atoms with van der Waals surface area (Å²) < 4.78 is 13.6. The van der Waals surface area contributed by atoms with Gasteiger partial charge in [0.2, 0.25) is 5.78 Å². The van der Waals surface area contributed by atoms with Crippen molar-refractivity contribution in [1.29, 1.82) is 0 Å². The van der Waals surface area contributed by atoms with E-state index in [1.54, 1.807) is 17.5 Å². The highest BCUT2D eigenvalue weighted by Gasteiger charge is 2.20. The van der Waals surface area contributed by atoms with Crippen LogP contribution in [-0.2, 0) is 0 Å². The second-order valence-electron chi connectivity index (χ2n) is 4.70. The van der Waals surface area contributed by atoms with Crippen molar-refractivity contribution in [3.8, 4) is 0 Å². The summed E-state index contributed by atoms with van der Waals surface area (Å²) >= 11 is 1.18. The Morgan fingerprint density at radius 1 is 1.52 bits per heavy atom. The summed E-state index contributed by atoms with van der Waals surface area (Å²) in [6.07, 6.45) is 1.37. The third kappa shape index (κ3) is 2.36. The third-order valence-electron chi connectivity index (χ3n) is 3.35. The monoisotopic (exact) mass is 304 g/mol. The van der Waals surface area contributed by atoms with Gasteiger partial charge < -0.3 is 10.1 Å². The fraction of sp³-hybridized carbons (Fsp3) is 0.200. The maximum Gasteiger partial charge on any atom is 0.223 e. The van der Waals surface area contributed by atoms with Gasteiger partial charge in [0, 0.05) is 17.0 Å². The average molecular weight is 304 g/mol. The van der Waals surface area contributed by atoms with E-state index in [9.17, 15) is 14.3 Å². The number of carbonyl (C=O) groups is 1. The van der Waals surface area contributed by atoms with Crippen molar-refractivity contribution in [2.45, 2.75) is 19.4 Å². The van der Waals surface area contributed by atoms with Gasteiger partial charge in [-0.15, -0.1) is 11.3 Å². The lowest BCUT2D eigenvalue weighted by Gasteiger charge is -2.01. The number of para-hydroxylation sites is 1. The first-order valence-corrected chi connectivity index (χ1v) is 7.43. The van der Waals surface area contributed by atoms with Gasteiger partial charge in [0.15, 0.2) is 5.01 Å². The minimum atomic E-state index is -0.664. The van der Waals surface area contributed by atoms with Gasteiger partial charge in [-0.05, 0) is 12.5 Å². The Bertz CT molecular complexity index is 809. The molecule has 0 amide bonds. The van der Waals surface area contributed by atoms with Crippen LogP contribution in [0.25, 0.3) is 10.9 Å². The summed E-state index contributed by atoms with van der Waals surface area (Å²) in [6, 6.07) is 4.60. The van der Waals surface area contributed by atoms with Crippen molar-refractivity contribution in [3.63, 3.8) is 0 Å². The van der Waals surface area contributed by atoms with Gasteiger partial charge in [0.1, 0.15) is 5.82 Å². The van der Waals surface area contributed by atoms with E-state index in [-0.39, 0.29) is 5.78 Å². The second kappa shape index (κ2) is 5.38. The van der Waals surface area contributed by atoms with E-state index >= 15 is 0 Å². The lowest BCUT2D eigenvalue weighted by molar-refractivity contribution is 0.103. The van der Waals surface area contributed by atoms with E-state index in [1.807, 2.05) is 6.92 Å². The highest BCUT2D eigenvalue weighted by molar-refractivity contribution is 7.12. The van der Waals surface area contributed by atoms with Crippen molar-refractivity contribution in [3.05, 3.63) is 51.9 Å². The summed E-state index contributed by atoms with van der Waals surface area (Å²) in [4.78, 5) is 19.4. The third-order valence-corrected chi connectivity index (χ3v) is 4.21. The van der Waals surface area contributed by atoms with Crippen LogP contribution < -0.4 is 0 Å². The van der Waals surface area contributed by atoms with Gasteiger partial charge in [-0.25, -0.2) is 9.37 Å². The number of aliphatic hydroxyl groups is 1. The summed E-state index contributed by atoms with van der Waals surface area (Å²) in [6.45, 7) is 1.84. The minimum Gasteiger partial charge on any atom is -0.387 e. The molecular formula is C15H13FN2O2S. The fourth-order valence-corrected chi connectivity index (χ4v) is 2.99. The molecular weight excluding hydrogens is 291 g/mol. The zero-order chi connectivity index (χ0) is 15.0. The number of aromatic nitrogens is 2. The molecule has 0 spiro atoms. The van der Waals surface area contributed by atoms with Crippen LogP contribution in [0.2, 0.25) is 0 Å². The van der Waals surface area contributed by atoms with Crippen molar-refractivity contribution in [1.82, 2.24) is 9.97 Å². The summed E-state index contributed by atoms with van der Waals surface area (Å²) in [7, 11) is 0. The van der Waals surface area contributed by atoms with E-state index in [0.717, 1.165) is 0 Å². The Labute approximate surface area is 124 Å². The molecule has 108 valence electrons. The van der Waals surface area contributed by atoms with Crippen LogP contribution >= 0.6 is 11.3 Å². The van der Waals surface area contributed by atoms with Gasteiger partial charge in [-0.2, -0.15) is 0 Å². The molecule has 4 nitrogen and oxygen atoms in total. The Morgan fingerprint density at radius 3 is 3.10 bits per heavy atom. The Balaban J connectivity index is 2.01. The zero-order valence-electron chi connectivity index (χ0n) is 11.3. The number of hydrogen-bond donors (Lipinski definition) is 2. The molecule has 3 aromatic rings. The first kappa shape index (κ1) is 13.9. The van der Waals surface area contributed by atoms with Crippen LogP contribution in [0.15, 0.2) is 29.8 Å². The van der Waals surface area contributed by atoms with Crippen LogP contribution in [-0.4, -0.2) is 20.9 Å². The first-order chi connectivity index (χ1) is 10.1. The second-order valence-corrected chi connectivity index (χ2v) is 5.55. The number of hydrogen-bond acceptors (Lipinski definition) is 4. The van der Waals surface area contributed by atoms with Crippen LogP contribution in [0.4, 0.5) is 4.39 Å². The molecule has 2 N–H and O–H groups in total. The molecule has 1 aromatic carbocycles. The Hall–Kier alpha value is -2.05. The van der Waals surface area contributed by atoms with Crippen molar-refractivity contribution >= 4 is 28.0 Å². The van der Waals surface area contributed by atoms with Gasteiger partial charge in [-0.1, -0.05) is 19.1 Å². The molecule has 2 heterocycles. The molecule has 0 radical (unpaired) electrons. The van der Waals surface area contributed by atoms with Crippen molar-refractivity contribution < 1.29 is 14.3 Å². The SMILES string of the molecule is CCC(O)c1csc(C(=O)c2c[nH]c3c(F)cccc23)n1. The molecule has 2 aromatic heterocycles. The molecule has 3 rings (SSSR count). The molecule has 0 aliphatic heterocycles. The molecule has 0 saturated carbocycles. The maximum absolute atomic E-state index is 13.6. The number of H-pyrrole nitrogens is 1. The van der Waals surface area contributed by atoms with Gasteiger partial charge in [0.25, 0.3) is 0 Å². The smallest absolute Gasteiger partial charge is 0.223 e. The Kier molecular flexibility index (Phi) is 3.57. The summed E-state index contributed by atoms with van der Waals surface area (Å²) in [5.74, 6) is -0.667. The lowest BCUT2D eigenvalue weighted by atomic mass is 10.1. The largest absolute Gasteiger partial charge is 0.387 e. The number of thiazole rings is 1. The standard InChI is InChI=1S/C15H13FN2O2S/c1-2-12(19)11-7-21-15(18-11)14(20)9-6-17-13-8(9)4-3-5-10(13)16/h3-7,12,17,19H,2H2,1H3. The number of fused-ring (bicyclic) bond motifs is 1. The number of rotatable bonds is 4. The zero-order valence-corrected chi connectivity index (χ0v) is 12.1. The van der Waals surface area contributed by atoms with Crippen LogP contribution in [0.1, 0.15) is 40.5 Å². The topological polar surface area (TPSA) is 66.0 Å². The Morgan fingerprint density at radius 2 is 2.33 bits per heavy atom. The normalized spacial score (nSPS) is 12.7. The minimum absolute atomic E-state index is 0.272. The van der Waals surface area contributed by atoms with Crippen molar-refractivity contribution in [2.75, 3.05) is 0 Å². The van der Waals surface area contributed by atoms with E-state index in [0.29, 0.717) is 33.6 Å². The number of halogens is 1. The number of ketones is 1. The highest BCUT2D eigenvalue weighted by Crippen LogP contribution is 2.26. The number of carbonyl (C=O) groups excluding carboxylic acids is 1. The molecule has 6 heteroatoms. The quantitative estimate of drug-likeness (QED) is 0.726. The fourth-order valence-electron chi connectivity index (χ4n) is 2.17. The van der Waals surface area contributed by atoms with Gasteiger partial charge in [0.05, 0.1) is 22.9 Å². The molecule has 0 saturated heterocycles. The lowest BCUT2D eigenvalue weighted by Crippen LogP contribution is -2.02. The van der Waals surface area contributed by atoms with Crippen molar-refractivity contribution in [2.24, 2.45) is 0 Å². The molecule has 1 atom stereocenters. The van der Waals surface area contributed by atoms with Crippen LogP contribution in [0, 0.1) is 5.82 Å². The highest BCUT2D eigenvalue weighted by atomic mass is 32.1. The summed E-state index contributed by atoms with van der Waals surface area (Å²) in [5.41, 5.74) is 1.19. The molecule has 0 aliphatic carbocycles. The molecule has 0 fully saturated rings. The van der Waals surface area contributed by atoms with E-state index in [4.69, 9.17) is 0 Å². The molecule has 21 heavy (non-hydrogen) atoms. The molecule has 0 aliphatic rings. The molecule has 0 bridgehead atoms. The number of nitrogens with one attached hydrogen (secondary N) is 1. The average Bonchev–Trinajstić information content (AvgIpc) is 3.13. The van der Waals surface area contributed by atoms with Crippen LogP contribution in [0.5, 0.6) is 0 Å². The van der Waals surface area contributed by atoms with E-state index < -0.39 is 11.9 Å². The summed E-state index contributed by atoms with van der Waals surface area (Å²) in [5, 5.41) is 12.2. The van der Waals surface area contributed by atoms with Gasteiger partial charge >= 0.3 is 0 Å². The van der Waals surface area contributed by atoms with E-state index in [2.05, 4.69) is 9.97 Å². The van der Waals surface area contributed by atoms with E-state index in [1.165, 1.54) is 23.6 Å². The number of nitrogens with zero attached hydrogens (tertiary/aromatic N) is 1. The molecule has 1 unspecified atom stereocenters. The predicted molar refractivity (Wildman–Crippen MR) is 79.1 cm³/mol. The number of aromatic amines is 1. The van der Waals surface area contributed by atoms with Crippen LogP contribution in [0.3, 0.4) is 0 Å².